The highest BCUT2D eigenvalue weighted by Gasteiger charge is 2.22. The van der Waals surface area contributed by atoms with Gasteiger partial charge < -0.3 is 9.47 Å². The summed E-state index contributed by atoms with van der Waals surface area (Å²) >= 11 is 3.48. The highest BCUT2D eigenvalue weighted by atomic mass is 79.9. The molecule has 0 atom stereocenters. The van der Waals surface area contributed by atoms with Crippen molar-refractivity contribution in [3.05, 3.63) is 35.1 Å². The molecule has 20 heavy (non-hydrogen) atoms. The third-order valence-electron chi connectivity index (χ3n) is 3.37. The lowest BCUT2D eigenvalue weighted by molar-refractivity contribution is 0.0506. The van der Waals surface area contributed by atoms with Gasteiger partial charge in [-0.25, -0.2) is 0 Å². The minimum absolute atomic E-state index is 0.239. The smallest absolute Gasteiger partial charge is 0.188 e. The topological polar surface area (TPSA) is 36.3 Å². The zero-order valence-corrected chi connectivity index (χ0v) is 13.0. The molecular weight excluding hydrogens is 320 g/mol. The fourth-order valence-electron chi connectivity index (χ4n) is 2.09. The fraction of sp³-hybridized carbons (Fsp3) is 0.400. The van der Waals surface area contributed by atoms with Crippen molar-refractivity contribution in [1.82, 2.24) is 9.78 Å². The molecule has 106 valence electrons. The van der Waals surface area contributed by atoms with Crippen molar-refractivity contribution in [1.29, 1.82) is 0 Å². The molecular formula is C15H17BrN2O2. The summed E-state index contributed by atoms with van der Waals surface area (Å²) < 4.78 is 13.4. The molecule has 4 nitrogen and oxygen atoms in total. The number of hydrogen-bond acceptors (Lipinski definition) is 3. The molecule has 0 bridgehead atoms. The van der Waals surface area contributed by atoms with E-state index < -0.39 is 0 Å². The Kier molecular flexibility index (Phi) is 4.08. The van der Waals surface area contributed by atoms with Gasteiger partial charge in [-0.15, -0.1) is 0 Å². The first-order valence-electron chi connectivity index (χ1n) is 6.70. The average Bonchev–Trinajstić information content (AvgIpc) is 3.14. The summed E-state index contributed by atoms with van der Waals surface area (Å²) in [4.78, 5) is 0. The standard InChI is InChI=1S/C15H17BrN2O2/c1-19-10-20-15-6-12(4-5-14(15)16)13-7-17-18(9-13)8-11-2-3-11/h4-7,9,11H,2-3,8,10H2,1H3. The molecule has 1 aromatic carbocycles. The zero-order valence-electron chi connectivity index (χ0n) is 11.4. The van der Waals surface area contributed by atoms with Gasteiger partial charge in [0.05, 0.1) is 10.7 Å². The minimum Gasteiger partial charge on any atom is -0.466 e. The van der Waals surface area contributed by atoms with Crippen LogP contribution in [0.15, 0.2) is 35.1 Å². The molecule has 0 amide bonds. The van der Waals surface area contributed by atoms with E-state index in [9.17, 15) is 0 Å². The van der Waals surface area contributed by atoms with E-state index >= 15 is 0 Å². The van der Waals surface area contributed by atoms with Gasteiger partial charge in [-0.05, 0) is 52.4 Å². The van der Waals surface area contributed by atoms with Crippen LogP contribution in [0, 0.1) is 5.92 Å². The minimum atomic E-state index is 0.239. The summed E-state index contributed by atoms with van der Waals surface area (Å²) in [5.74, 6) is 1.60. The van der Waals surface area contributed by atoms with Crippen LogP contribution in [0.4, 0.5) is 0 Å². The van der Waals surface area contributed by atoms with Crippen LogP contribution in [0.2, 0.25) is 0 Å². The van der Waals surface area contributed by atoms with Crippen LogP contribution >= 0.6 is 15.9 Å². The van der Waals surface area contributed by atoms with Gasteiger partial charge in [0, 0.05) is 25.4 Å². The Morgan fingerprint density at radius 3 is 2.95 bits per heavy atom. The van der Waals surface area contributed by atoms with Crippen molar-refractivity contribution in [2.24, 2.45) is 5.92 Å². The van der Waals surface area contributed by atoms with Crippen molar-refractivity contribution < 1.29 is 9.47 Å². The lowest BCUT2D eigenvalue weighted by atomic mass is 10.1. The predicted molar refractivity (Wildman–Crippen MR) is 80.6 cm³/mol. The van der Waals surface area contributed by atoms with E-state index in [2.05, 4.69) is 33.3 Å². The third kappa shape index (κ3) is 3.22. The SMILES string of the molecule is COCOc1cc(-c2cnn(CC3CC3)c2)ccc1Br. The van der Waals surface area contributed by atoms with Gasteiger partial charge in [0.25, 0.3) is 0 Å². The second-order valence-electron chi connectivity index (χ2n) is 5.09. The molecule has 0 saturated heterocycles. The van der Waals surface area contributed by atoms with Gasteiger partial charge in [-0.1, -0.05) is 6.07 Å². The van der Waals surface area contributed by atoms with Crippen LogP contribution in [0.1, 0.15) is 12.8 Å². The summed E-state index contributed by atoms with van der Waals surface area (Å²) in [5, 5.41) is 4.43. The van der Waals surface area contributed by atoms with E-state index in [-0.39, 0.29) is 6.79 Å². The number of rotatable bonds is 6. The molecule has 1 heterocycles. The van der Waals surface area contributed by atoms with Crippen LogP contribution in [0.5, 0.6) is 5.75 Å². The third-order valence-corrected chi connectivity index (χ3v) is 4.03. The molecule has 0 N–H and O–H groups in total. The molecule has 1 aromatic heterocycles. The number of hydrogen-bond donors (Lipinski definition) is 0. The van der Waals surface area contributed by atoms with E-state index in [0.29, 0.717) is 0 Å². The van der Waals surface area contributed by atoms with Gasteiger partial charge in [-0.3, -0.25) is 4.68 Å². The van der Waals surface area contributed by atoms with Crippen LogP contribution in [0.25, 0.3) is 11.1 Å². The van der Waals surface area contributed by atoms with E-state index in [1.54, 1.807) is 7.11 Å². The number of aromatic nitrogens is 2. The number of nitrogens with zero attached hydrogens (tertiary/aromatic N) is 2. The molecule has 2 aromatic rings. The zero-order chi connectivity index (χ0) is 13.9. The number of halogens is 1. The first kappa shape index (κ1) is 13.6. The lowest BCUT2D eigenvalue weighted by Crippen LogP contribution is -1.99. The maximum atomic E-state index is 5.53. The first-order valence-corrected chi connectivity index (χ1v) is 7.49. The second kappa shape index (κ2) is 5.97. The van der Waals surface area contributed by atoms with Gasteiger partial charge in [-0.2, -0.15) is 5.10 Å². The molecule has 0 radical (unpaired) electrons. The molecule has 1 saturated carbocycles. The van der Waals surface area contributed by atoms with E-state index in [1.807, 2.05) is 23.0 Å². The van der Waals surface area contributed by atoms with Crippen LogP contribution in [0.3, 0.4) is 0 Å². The van der Waals surface area contributed by atoms with Crippen molar-refractivity contribution >= 4 is 15.9 Å². The molecule has 3 rings (SSSR count). The molecule has 1 fully saturated rings. The summed E-state index contributed by atoms with van der Waals surface area (Å²) in [7, 11) is 1.61. The molecule has 0 spiro atoms. The van der Waals surface area contributed by atoms with Gasteiger partial charge in [0.1, 0.15) is 5.75 Å². The van der Waals surface area contributed by atoms with E-state index in [1.165, 1.54) is 12.8 Å². The molecule has 1 aliphatic rings. The van der Waals surface area contributed by atoms with Crippen molar-refractivity contribution in [3.63, 3.8) is 0 Å². The highest BCUT2D eigenvalue weighted by molar-refractivity contribution is 9.10. The number of benzene rings is 1. The molecule has 5 heteroatoms. The largest absolute Gasteiger partial charge is 0.466 e. The Hall–Kier alpha value is -1.33. The normalized spacial score (nSPS) is 14.5. The maximum Gasteiger partial charge on any atom is 0.188 e. The van der Waals surface area contributed by atoms with E-state index in [4.69, 9.17) is 9.47 Å². The summed E-state index contributed by atoms with van der Waals surface area (Å²) in [5.41, 5.74) is 2.21. The van der Waals surface area contributed by atoms with Crippen LogP contribution in [-0.4, -0.2) is 23.7 Å². The van der Waals surface area contributed by atoms with Crippen molar-refractivity contribution in [2.75, 3.05) is 13.9 Å². The summed E-state index contributed by atoms with van der Waals surface area (Å²) in [6.07, 6.45) is 6.68. The maximum absolute atomic E-state index is 5.53. The van der Waals surface area contributed by atoms with Crippen molar-refractivity contribution in [3.8, 4) is 16.9 Å². The first-order chi connectivity index (χ1) is 9.76. The quantitative estimate of drug-likeness (QED) is 0.754. The molecule has 0 unspecified atom stereocenters. The van der Waals surface area contributed by atoms with Gasteiger partial charge in [0.15, 0.2) is 6.79 Å². The Morgan fingerprint density at radius 2 is 2.20 bits per heavy atom. The van der Waals surface area contributed by atoms with E-state index in [0.717, 1.165) is 33.8 Å². The monoisotopic (exact) mass is 336 g/mol. The van der Waals surface area contributed by atoms with Gasteiger partial charge in [0.2, 0.25) is 0 Å². The Labute approximate surface area is 126 Å². The van der Waals surface area contributed by atoms with Gasteiger partial charge >= 0.3 is 0 Å². The Morgan fingerprint density at radius 1 is 1.35 bits per heavy atom. The summed E-state index contributed by atoms with van der Waals surface area (Å²) in [6.45, 7) is 1.27. The lowest BCUT2D eigenvalue weighted by Gasteiger charge is -2.08. The number of methoxy groups -OCH3 is 1. The van der Waals surface area contributed by atoms with Crippen molar-refractivity contribution in [2.45, 2.75) is 19.4 Å². The van der Waals surface area contributed by atoms with Crippen LogP contribution in [-0.2, 0) is 11.3 Å². The molecule has 1 aliphatic carbocycles. The Balaban J connectivity index is 1.79. The number of ether oxygens (including phenoxy) is 2. The average molecular weight is 337 g/mol. The highest BCUT2D eigenvalue weighted by Crippen LogP contribution is 2.33. The van der Waals surface area contributed by atoms with Crippen LogP contribution < -0.4 is 4.74 Å². The summed E-state index contributed by atoms with van der Waals surface area (Å²) in [6, 6.07) is 6.04. The predicted octanol–water partition coefficient (Wildman–Crippen LogP) is 3.71. The molecule has 0 aliphatic heterocycles. The second-order valence-corrected chi connectivity index (χ2v) is 5.94. The fourth-order valence-corrected chi connectivity index (χ4v) is 2.45. The Bertz CT molecular complexity index is 593.